The molecule has 2 aliphatic rings. The lowest BCUT2D eigenvalue weighted by Crippen LogP contribution is -2.27. The summed E-state index contributed by atoms with van der Waals surface area (Å²) in [6.07, 6.45) is 2.22. The maximum absolute atomic E-state index is 6.02. The lowest BCUT2D eigenvalue weighted by molar-refractivity contribution is 0.332. The molecule has 0 spiro atoms. The normalized spacial score (nSPS) is 25.1. The first-order valence-corrected chi connectivity index (χ1v) is 6.58. The molecule has 3 rings (SSSR count). The molecule has 94 valence electrons. The molecule has 17 heavy (non-hydrogen) atoms. The molecule has 0 saturated carbocycles. The van der Waals surface area contributed by atoms with Crippen LogP contribution in [0.15, 0.2) is 0 Å². The fourth-order valence-corrected chi connectivity index (χ4v) is 3.00. The summed E-state index contributed by atoms with van der Waals surface area (Å²) >= 11 is 0. The maximum Gasteiger partial charge on any atom is 0.149 e. The smallest absolute Gasteiger partial charge is 0.149 e. The van der Waals surface area contributed by atoms with E-state index in [4.69, 9.17) is 5.73 Å². The minimum Gasteiger partial charge on any atom is -0.382 e. The first-order chi connectivity index (χ1) is 8.29. The molecule has 0 aliphatic carbocycles. The predicted octanol–water partition coefficient (Wildman–Crippen LogP) is 0.378. The van der Waals surface area contributed by atoms with E-state index in [9.17, 15) is 0 Å². The van der Waals surface area contributed by atoms with Gasteiger partial charge in [0.15, 0.2) is 0 Å². The van der Waals surface area contributed by atoms with Crippen molar-refractivity contribution in [2.45, 2.75) is 32.4 Å². The predicted molar refractivity (Wildman–Crippen MR) is 67.8 cm³/mol. The summed E-state index contributed by atoms with van der Waals surface area (Å²) in [6.45, 7) is 7.59. The summed E-state index contributed by atoms with van der Waals surface area (Å²) in [4.78, 5) is 2.48. The zero-order chi connectivity index (χ0) is 11.8. The summed E-state index contributed by atoms with van der Waals surface area (Å²) in [5.41, 5.74) is 8.62. The molecule has 1 aromatic rings. The number of hydrogen-bond acceptors (Lipinski definition) is 4. The van der Waals surface area contributed by atoms with E-state index in [-0.39, 0.29) is 0 Å². The van der Waals surface area contributed by atoms with Crippen molar-refractivity contribution in [2.75, 3.05) is 31.9 Å². The van der Waals surface area contributed by atoms with E-state index >= 15 is 0 Å². The SMILES string of the molecule is CCN1CCC(n2nc(N)c3c2CNCC3)C1. The van der Waals surface area contributed by atoms with E-state index in [2.05, 4.69) is 26.9 Å². The van der Waals surface area contributed by atoms with Gasteiger partial charge in [0.1, 0.15) is 5.82 Å². The second-order valence-corrected chi connectivity index (χ2v) is 5.02. The van der Waals surface area contributed by atoms with Crippen molar-refractivity contribution in [3.05, 3.63) is 11.3 Å². The lowest BCUT2D eigenvalue weighted by atomic mass is 10.1. The quantitative estimate of drug-likeness (QED) is 0.778. The van der Waals surface area contributed by atoms with Crippen LogP contribution in [-0.4, -0.2) is 40.9 Å². The van der Waals surface area contributed by atoms with Crippen molar-refractivity contribution >= 4 is 5.82 Å². The van der Waals surface area contributed by atoms with Crippen LogP contribution in [0.2, 0.25) is 0 Å². The Morgan fingerprint density at radius 2 is 2.41 bits per heavy atom. The molecular weight excluding hydrogens is 214 g/mol. The number of anilines is 1. The molecule has 0 amide bonds. The molecule has 1 aromatic heterocycles. The molecule has 3 heterocycles. The zero-order valence-electron chi connectivity index (χ0n) is 10.4. The number of nitrogens with zero attached hydrogens (tertiary/aromatic N) is 3. The molecule has 1 saturated heterocycles. The Morgan fingerprint density at radius 3 is 3.18 bits per heavy atom. The molecule has 0 radical (unpaired) electrons. The molecule has 1 fully saturated rings. The lowest BCUT2D eigenvalue weighted by Gasteiger charge is -2.19. The number of nitrogens with one attached hydrogen (secondary N) is 1. The number of likely N-dealkylation sites (N-methyl/N-ethyl adjacent to an activating group) is 1. The minimum absolute atomic E-state index is 0.515. The van der Waals surface area contributed by atoms with Crippen molar-refractivity contribution in [2.24, 2.45) is 0 Å². The summed E-state index contributed by atoms with van der Waals surface area (Å²) in [5, 5.41) is 7.98. The summed E-state index contributed by atoms with van der Waals surface area (Å²) in [5.74, 6) is 0.747. The molecular formula is C12H21N5. The van der Waals surface area contributed by atoms with E-state index < -0.39 is 0 Å². The number of nitrogens with two attached hydrogens (primary N) is 1. The van der Waals surface area contributed by atoms with Crippen molar-refractivity contribution in [3.63, 3.8) is 0 Å². The Balaban J connectivity index is 1.88. The average Bonchev–Trinajstić information content (AvgIpc) is 2.95. The van der Waals surface area contributed by atoms with Crippen molar-refractivity contribution in [1.82, 2.24) is 20.0 Å². The van der Waals surface area contributed by atoms with Crippen LogP contribution in [0.25, 0.3) is 0 Å². The Morgan fingerprint density at radius 1 is 1.53 bits per heavy atom. The minimum atomic E-state index is 0.515. The number of rotatable bonds is 2. The zero-order valence-corrected chi connectivity index (χ0v) is 10.4. The summed E-state index contributed by atoms with van der Waals surface area (Å²) < 4.78 is 2.19. The Hall–Kier alpha value is -1.07. The first-order valence-electron chi connectivity index (χ1n) is 6.58. The Kier molecular flexibility index (Phi) is 2.80. The second kappa shape index (κ2) is 4.31. The molecule has 1 unspecified atom stereocenters. The van der Waals surface area contributed by atoms with Crippen LogP contribution in [0.5, 0.6) is 0 Å². The van der Waals surface area contributed by atoms with Gasteiger partial charge in [-0.15, -0.1) is 0 Å². The van der Waals surface area contributed by atoms with Crippen molar-refractivity contribution in [1.29, 1.82) is 0 Å². The molecule has 5 heteroatoms. The van der Waals surface area contributed by atoms with Crippen LogP contribution in [0, 0.1) is 0 Å². The number of hydrogen-bond donors (Lipinski definition) is 2. The van der Waals surface area contributed by atoms with E-state index in [0.29, 0.717) is 6.04 Å². The number of fused-ring (bicyclic) bond motifs is 1. The standard InChI is InChI=1S/C12H21N5/c1-2-16-6-4-9(8-16)17-11-7-14-5-3-10(11)12(13)15-17/h9,14H,2-8H2,1H3,(H2,13,15). The fraction of sp³-hybridized carbons (Fsp3) is 0.750. The maximum atomic E-state index is 6.02. The largest absolute Gasteiger partial charge is 0.382 e. The van der Waals surface area contributed by atoms with Gasteiger partial charge in [-0.05, 0) is 25.9 Å². The Bertz CT molecular complexity index is 411. The molecule has 3 N–H and O–H groups in total. The van der Waals surface area contributed by atoms with E-state index in [1.54, 1.807) is 0 Å². The van der Waals surface area contributed by atoms with Gasteiger partial charge in [0.25, 0.3) is 0 Å². The fourth-order valence-electron chi connectivity index (χ4n) is 3.00. The highest BCUT2D eigenvalue weighted by Gasteiger charge is 2.28. The van der Waals surface area contributed by atoms with Gasteiger partial charge < -0.3 is 16.0 Å². The molecule has 5 nitrogen and oxygen atoms in total. The summed E-state index contributed by atoms with van der Waals surface area (Å²) in [7, 11) is 0. The van der Waals surface area contributed by atoms with Crippen LogP contribution >= 0.6 is 0 Å². The van der Waals surface area contributed by atoms with Crippen LogP contribution in [0.1, 0.15) is 30.6 Å². The van der Waals surface area contributed by atoms with Crippen molar-refractivity contribution in [3.8, 4) is 0 Å². The van der Waals surface area contributed by atoms with Gasteiger partial charge in [-0.3, -0.25) is 4.68 Å². The third-order valence-electron chi connectivity index (χ3n) is 4.03. The van der Waals surface area contributed by atoms with Gasteiger partial charge in [0.2, 0.25) is 0 Å². The number of aromatic nitrogens is 2. The Labute approximate surface area is 102 Å². The highest BCUT2D eigenvalue weighted by atomic mass is 15.4. The average molecular weight is 235 g/mol. The monoisotopic (exact) mass is 235 g/mol. The van der Waals surface area contributed by atoms with Crippen LogP contribution in [0.3, 0.4) is 0 Å². The topological polar surface area (TPSA) is 59.1 Å². The van der Waals surface area contributed by atoms with E-state index in [1.165, 1.54) is 24.2 Å². The first kappa shape index (κ1) is 11.0. The van der Waals surface area contributed by atoms with Gasteiger partial charge >= 0.3 is 0 Å². The van der Waals surface area contributed by atoms with Crippen LogP contribution in [0.4, 0.5) is 5.82 Å². The number of nitrogen functional groups attached to an aromatic ring is 1. The van der Waals surface area contributed by atoms with Gasteiger partial charge in [-0.1, -0.05) is 6.92 Å². The van der Waals surface area contributed by atoms with Gasteiger partial charge in [0, 0.05) is 25.2 Å². The van der Waals surface area contributed by atoms with Crippen LogP contribution in [-0.2, 0) is 13.0 Å². The highest BCUT2D eigenvalue weighted by molar-refractivity contribution is 5.44. The van der Waals surface area contributed by atoms with Gasteiger partial charge in [0.05, 0.1) is 11.7 Å². The second-order valence-electron chi connectivity index (χ2n) is 5.02. The third kappa shape index (κ3) is 1.83. The highest BCUT2D eigenvalue weighted by Crippen LogP contribution is 2.28. The molecule has 2 aliphatic heterocycles. The van der Waals surface area contributed by atoms with E-state index in [0.717, 1.165) is 38.4 Å². The van der Waals surface area contributed by atoms with E-state index in [1.807, 2.05) is 0 Å². The van der Waals surface area contributed by atoms with Gasteiger partial charge in [-0.25, -0.2) is 0 Å². The third-order valence-corrected chi connectivity index (χ3v) is 4.03. The number of likely N-dealkylation sites (tertiary alicyclic amines) is 1. The molecule has 0 aromatic carbocycles. The molecule has 1 atom stereocenters. The van der Waals surface area contributed by atoms with Crippen molar-refractivity contribution < 1.29 is 0 Å². The van der Waals surface area contributed by atoms with Gasteiger partial charge in [-0.2, -0.15) is 5.10 Å². The summed E-state index contributed by atoms with van der Waals surface area (Å²) in [6, 6.07) is 0.515. The molecule has 0 bridgehead atoms. The van der Waals surface area contributed by atoms with Crippen LogP contribution < -0.4 is 11.1 Å².